The first-order valence-corrected chi connectivity index (χ1v) is 4.73. The Morgan fingerprint density at radius 2 is 2.33 bits per heavy atom. The average Bonchev–Trinajstić information content (AvgIpc) is 2.01. The third-order valence-electron chi connectivity index (χ3n) is 1.29. The molecule has 0 heterocycles. The lowest BCUT2D eigenvalue weighted by molar-refractivity contribution is 0.220. The predicted molar refractivity (Wildman–Crippen MR) is 48.8 cm³/mol. The van der Waals surface area contributed by atoms with E-state index >= 15 is 0 Å². The van der Waals surface area contributed by atoms with Gasteiger partial charge in [0.2, 0.25) is 0 Å². The molecule has 0 saturated heterocycles. The van der Waals surface area contributed by atoms with Crippen LogP contribution < -0.4 is 0 Å². The number of aliphatic hydroxyl groups is 1. The number of halogens is 1. The van der Waals surface area contributed by atoms with Crippen molar-refractivity contribution in [2.45, 2.75) is 17.9 Å². The zero-order valence-corrected chi connectivity index (χ0v) is 7.64. The SMILES string of the molecule is CC(O)CSc1cccc(F)c1. The fourth-order valence-electron chi connectivity index (χ4n) is 0.774. The molecule has 3 heteroatoms. The zero-order valence-electron chi connectivity index (χ0n) is 6.83. The van der Waals surface area contributed by atoms with Crippen molar-refractivity contribution in [3.05, 3.63) is 30.1 Å². The van der Waals surface area contributed by atoms with E-state index in [1.54, 1.807) is 13.0 Å². The Morgan fingerprint density at radius 1 is 1.58 bits per heavy atom. The fraction of sp³-hybridized carbons (Fsp3) is 0.333. The summed E-state index contributed by atoms with van der Waals surface area (Å²) in [6.45, 7) is 1.71. The lowest BCUT2D eigenvalue weighted by atomic mass is 10.4. The molecule has 1 atom stereocenters. The topological polar surface area (TPSA) is 20.2 Å². The number of benzene rings is 1. The first kappa shape index (κ1) is 9.55. The van der Waals surface area contributed by atoms with Gasteiger partial charge < -0.3 is 5.11 Å². The van der Waals surface area contributed by atoms with Crippen LogP contribution in [0.15, 0.2) is 29.2 Å². The molecule has 0 aromatic heterocycles. The third kappa shape index (κ3) is 3.24. The van der Waals surface area contributed by atoms with Crippen molar-refractivity contribution in [2.75, 3.05) is 5.75 Å². The highest BCUT2D eigenvalue weighted by Crippen LogP contribution is 2.19. The van der Waals surface area contributed by atoms with Crippen LogP contribution in [0.25, 0.3) is 0 Å². The molecule has 12 heavy (non-hydrogen) atoms. The summed E-state index contributed by atoms with van der Waals surface area (Å²) in [7, 11) is 0. The molecule has 0 amide bonds. The summed E-state index contributed by atoms with van der Waals surface area (Å²) in [5.41, 5.74) is 0. The predicted octanol–water partition coefficient (Wildman–Crippen LogP) is 2.30. The summed E-state index contributed by atoms with van der Waals surface area (Å²) in [6, 6.07) is 6.37. The Bertz CT molecular complexity index is 250. The van der Waals surface area contributed by atoms with Gasteiger partial charge in [0.05, 0.1) is 6.10 Å². The normalized spacial score (nSPS) is 12.9. The highest BCUT2D eigenvalue weighted by molar-refractivity contribution is 7.99. The van der Waals surface area contributed by atoms with Crippen LogP contribution in [0.4, 0.5) is 4.39 Å². The summed E-state index contributed by atoms with van der Waals surface area (Å²) < 4.78 is 12.6. The summed E-state index contributed by atoms with van der Waals surface area (Å²) in [4.78, 5) is 0.857. The quantitative estimate of drug-likeness (QED) is 0.731. The monoisotopic (exact) mass is 186 g/mol. The Balaban J connectivity index is 2.52. The van der Waals surface area contributed by atoms with Crippen LogP contribution in [0.5, 0.6) is 0 Å². The molecule has 1 nitrogen and oxygen atoms in total. The largest absolute Gasteiger partial charge is 0.393 e. The van der Waals surface area contributed by atoms with Crippen LogP contribution in [0.2, 0.25) is 0 Å². The minimum absolute atomic E-state index is 0.231. The van der Waals surface area contributed by atoms with Crippen molar-refractivity contribution in [3.63, 3.8) is 0 Å². The Hall–Kier alpha value is -0.540. The van der Waals surface area contributed by atoms with Gasteiger partial charge in [0.25, 0.3) is 0 Å². The van der Waals surface area contributed by atoms with Crippen molar-refractivity contribution >= 4 is 11.8 Å². The minimum Gasteiger partial charge on any atom is -0.393 e. The van der Waals surface area contributed by atoms with Gasteiger partial charge in [-0.15, -0.1) is 11.8 Å². The van der Waals surface area contributed by atoms with E-state index in [0.29, 0.717) is 5.75 Å². The van der Waals surface area contributed by atoms with Gasteiger partial charge in [-0.2, -0.15) is 0 Å². The van der Waals surface area contributed by atoms with Crippen LogP contribution in [-0.2, 0) is 0 Å². The first-order chi connectivity index (χ1) is 5.68. The molecule has 0 aliphatic heterocycles. The number of rotatable bonds is 3. The van der Waals surface area contributed by atoms with Crippen molar-refractivity contribution in [1.82, 2.24) is 0 Å². The van der Waals surface area contributed by atoms with E-state index in [0.717, 1.165) is 4.90 Å². The van der Waals surface area contributed by atoms with E-state index in [1.165, 1.54) is 23.9 Å². The molecule has 66 valence electrons. The van der Waals surface area contributed by atoms with Gasteiger partial charge in [0.1, 0.15) is 5.82 Å². The third-order valence-corrected chi connectivity index (χ3v) is 2.52. The number of hydrogen-bond acceptors (Lipinski definition) is 2. The van der Waals surface area contributed by atoms with Crippen LogP contribution in [0, 0.1) is 5.82 Å². The maximum atomic E-state index is 12.6. The van der Waals surface area contributed by atoms with Gasteiger partial charge in [-0.1, -0.05) is 6.07 Å². The smallest absolute Gasteiger partial charge is 0.124 e. The van der Waals surface area contributed by atoms with E-state index < -0.39 is 0 Å². The van der Waals surface area contributed by atoms with Crippen molar-refractivity contribution < 1.29 is 9.50 Å². The fourth-order valence-corrected chi connectivity index (χ4v) is 1.58. The van der Waals surface area contributed by atoms with Crippen LogP contribution in [0.3, 0.4) is 0 Å². The van der Waals surface area contributed by atoms with E-state index in [9.17, 15) is 4.39 Å². The first-order valence-electron chi connectivity index (χ1n) is 3.75. The Morgan fingerprint density at radius 3 is 2.92 bits per heavy atom. The second-order valence-electron chi connectivity index (χ2n) is 2.62. The maximum Gasteiger partial charge on any atom is 0.124 e. The molecular weight excluding hydrogens is 175 g/mol. The molecule has 0 aliphatic carbocycles. The highest BCUT2D eigenvalue weighted by Gasteiger charge is 1.98. The summed E-state index contributed by atoms with van der Waals surface area (Å²) >= 11 is 1.45. The maximum absolute atomic E-state index is 12.6. The van der Waals surface area contributed by atoms with Gasteiger partial charge in [0.15, 0.2) is 0 Å². The Labute approximate surface area is 75.6 Å². The second-order valence-corrected chi connectivity index (χ2v) is 3.71. The molecule has 0 spiro atoms. The second kappa shape index (κ2) is 4.48. The number of aliphatic hydroxyl groups excluding tert-OH is 1. The molecule has 1 aromatic rings. The standard InChI is InChI=1S/C9H11FOS/c1-7(11)6-12-9-4-2-3-8(10)5-9/h2-5,7,11H,6H2,1H3. The molecule has 0 radical (unpaired) electrons. The molecule has 0 saturated carbocycles. The molecule has 0 aliphatic rings. The van der Waals surface area contributed by atoms with E-state index in [1.807, 2.05) is 6.07 Å². The molecule has 0 bridgehead atoms. The number of hydrogen-bond donors (Lipinski definition) is 1. The molecule has 1 aromatic carbocycles. The molecule has 1 N–H and O–H groups in total. The number of thioether (sulfide) groups is 1. The van der Waals surface area contributed by atoms with Crippen LogP contribution in [0.1, 0.15) is 6.92 Å². The minimum atomic E-state index is -0.349. The van der Waals surface area contributed by atoms with E-state index in [2.05, 4.69) is 0 Å². The summed E-state index contributed by atoms with van der Waals surface area (Å²) in [6.07, 6.45) is -0.349. The van der Waals surface area contributed by atoms with Gasteiger partial charge in [-0.05, 0) is 25.1 Å². The lowest BCUT2D eigenvalue weighted by Gasteiger charge is -2.03. The van der Waals surface area contributed by atoms with E-state index in [-0.39, 0.29) is 11.9 Å². The van der Waals surface area contributed by atoms with Gasteiger partial charge >= 0.3 is 0 Å². The molecular formula is C9H11FOS. The highest BCUT2D eigenvalue weighted by atomic mass is 32.2. The van der Waals surface area contributed by atoms with Crippen molar-refractivity contribution in [2.24, 2.45) is 0 Å². The molecule has 1 rings (SSSR count). The average molecular weight is 186 g/mol. The zero-order chi connectivity index (χ0) is 8.97. The molecule has 0 fully saturated rings. The van der Waals surface area contributed by atoms with Crippen LogP contribution in [-0.4, -0.2) is 17.0 Å². The summed E-state index contributed by atoms with van der Waals surface area (Å²) in [5.74, 6) is 0.370. The van der Waals surface area contributed by atoms with Crippen molar-refractivity contribution in [3.8, 4) is 0 Å². The van der Waals surface area contributed by atoms with Gasteiger partial charge in [-0.3, -0.25) is 0 Å². The van der Waals surface area contributed by atoms with E-state index in [4.69, 9.17) is 5.11 Å². The van der Waals surface area contributed by atoms with Gasteiger partial charge in [0, 0.05) is 10.6 Å². The van der Waals surface area contributed by atoms with Crippen LogP contribution >= 0.6 is 11.8 Å². The Kier molecular flexibility index (Phi) is 3.56. The van der Waals surface area contributed by atoms with Crippen molar-refractivity contribution in [1.29, 1.82) is 0 Å². The van der Waals surface area contributed by atoms with Gasteiger partial charge in [-0.25, -0.2) is 4.39 Å². The lowest BCUT2D eigenvalue weighted by Crippen LogP contribution is -2.02. The molecule has 1 unspecified atom stereocenters. The summed E-state index contributed by atoms with van der Waals surface area (Å²) in [5, 5.41) is 8.97.